The largest absolute Gasteiger partial charge is 0.423 e. The first kappa shape index (κ1) is 22.7. The molecular formula is C28H30N2O3S. The highest BCUT2D eigenvalue weighted by molar-refractivity contribution is 7.16. The van der Waals surface area contributed by atoms with Gasteiger partial charge in [0.15, 0.2) is 0 Å². The molecule has 2 N–H and O–H groups in total. The Hall–Kier alpha value is -3.12. The molecular weight excluding hydrogens is 444 g/mol. The molecule has 2 heterocycles. The standard InChI is InChI=1S/C28H30N2O3S/c1-16-5-7-18(8-6-16)27(32)33-20-12-9-17(10-13-20)24-29-25(31)23-21-14-11-19(28(2,3)4)15-22(21)34-26(23)30-24/h5-10,12-13,19,24,30H,11,14-15H2,1-4H3,(H,29,31). The molecule has 0 fully saturated rings. The molecule has 0 saturated heterocycles. The van der Waals surface area contributed by atoms with Crippen LogP contribution in [-0.2, 0) is 12.8 Å². The van der Waals surface area contributed by atoms with Crippen molar-refractivity contribution in [2.45, 2.75) is 53.1 Å². The van der Waals surface area contributed by atoms with Crippen LogP contribution in [0.3, 0.4) is 0 Å². The van der Waals surface area contributed by atoms with Crippen LogP contribution in [0.25, 0.3) is 0 Å². The van der Waals surface area contributed by atoms with Crippen LogP contribution < -0.4 is 15.4 Å². The molecule has 6 heteroatoms. The van der Waals surface area contributed by atoms with Gasteiger partial charge in [0.25, 0.3) is 5.91 Å². The quantitative estimate of drug-likeness (QED) is 0.346. The Labute approximate surface area is 204 Å². The Morgan fingerprint density at radius 2 is 1.74 bits per heavy atom. The van der Waals surface area contributed by atoms with Gasteiger partial charge in [-0.1, -0.05) is 50.6 Å². The van der Waals surface area contributed by atoms with E-state index in [1.54, 1.807) is 35.6 Å². The highest BCUT2D eigenvalue weighted by Crippen LogP contribution is 2.46. The summed E-state index contributed by atoms with van der Waals surface area (Å²) >= 11 is 1.73. The van der Waals surface area contributed by atoms with Crippen molar-refractivity contribution >= 4 is 28.2 Å². The molecule has 176 valence electrons. The van der Waals surface area contributed by atoms with Gasteiger partial charge in [0.1, 0.15) is 16.9 Å². The summed E-state index contributed by atoms with van der Waals surface area (Å²) in [6, 6.07) is 14.6. The van der Waals surface area contributed by atoms with E-state index in [1.165, 1.54) is 10.4 Å². The van der Waals surface area contributed by atoms with Gasteiger partial charge in [-0.2, -0.15) is 0 Å². The molecule has 1 aromatic heterocycles. The second-order valence-corrected chi connectivity index (χ2v) is 11.5. The molecule has 0 spiro atoms. The maximum absolute atomic E-state index is 13.1. The van der Waals surface area contributed by atoms with Crippen LogP contribution in [0, 0.1) is 18.3 Å². The minimum Gasteiger partial charge on any atom is -0.423 e. The number of anilines is 1. The number of rotatable bonds is 3. The Bertz CT molecular complexity index is 1240. The van der Waals surface area contributed by atoms with Crippen molar-refractivity contribution in [2.75, 3.05) is 5.32 Å². The first-order valence-corrected chi connectivity index (χ1v) is 12.6. The maximum Gasteiger partial charge on any atom is 0.343 e. The second kappa shape index (κ2) is 8.58. The van der Waals surface area contributed by atoms with Crippen LogP contribution in [0.4, 0.5) is 5.00 Å². The van der Waals surface area contributed by atoms with E-state index in [1.807, 2.05) is 31.2 Å². The molecule has 34 heavy (non-hydrogen) atoms. The van der Waals surface area contributed by atoms with Crippen molar-refractivity contribution in [3.8, 4) is 5.75 Å². The molecule has 0 saturated carbocycles. The first-order valence-electron chi connectivity index (χ1n) is 11.8. The summed E-state index contributed by atoms with van der Waals surface area (Å²) < 4.78 is 5.51. The molecule has 3 aromatic rings. The number of benzene rings is 2. The van der Waals surface area contributed by atoms with Gasteiger partial charge < -0.3 is 15.4 Å². The molecule has 2 aliphatic rings. The van der Waals surface area contributed by atoms with E-state index in [0.29, 0.717) is 17.2 Å². The van der Waals surface area contributed by atoms with Crippen molar-refractivity contribution in [1.82, 2.24) is 5.32 Å². The average Bonchev–Trinajstić information content (AvgIpc) is 3.17. The molecule has 1 amide bonds. The van der Waals surface area contributed by atoms with E-state index in [9.17, 15) is 9.59 Å². The van der Waals surface area contributed by atoms with Crippen molar-refractivity contribution in [1.29, 1.82) is 0 Å². The number of carbonyl (C=O) groups excluding carboxylic acids is 2. The Kier molecular flexibility index (Phi) is 5.72. The molecule has 2 aromatic carbocycles. The highest BCUT2D eigenvalue weighted by atomic mass is 32.1. The number of fused-ring (bicyclic) bond motifs is 3. The number of nitrogens with one attached hydrogen (secondary N) is 2. The summed E-state index contributed by atoms with van der Waals surface area (Å²) in [7, 11) is 0. The average molecular weight is 475 g/mol. The fourth-order valence-electron chi connectivity index (χ4n) is 4.79. The van der Waals surface area contributed by atoms with Crippen molar-refractivity contribution < 1.29 is 14.3 Å². The zero-order valence-corrected chi connectivity index (χ0v) is 20.8. The first-order chi connectivity index (χ1) is 16.2. The number of thiophene rings is 1. The molecule has 2 unspecified atom stereocenters. The molecule has 0 bridgehead atoms. The lowest BCUT2D eigenvalue weighted by molar-refractivity contribution is 0.0734. The fourth-order valence-corrected chi connectivity index (χ4v) is 6.14. The van der Waals surface area contributed by atoms with E-state index in [2.05, 4.69) is 31.4 Å². The van der Waals surface area contributed by atoms with Gasteiger partial charge in [-0.05, 0) is 72.9 Å². The second-order valence-electron chi connectivity index (χ2n) is 10.4. The van der Waals surface area contributed by atoms with Gasteiger partial charge in [-0.15, -0.1) is 11.3 Å². The summed E-state index contributed by atoms with van der Waals surface area (Å²) in [5.74, 6) is 0.700. The third-order valence-corrected chi connectivity index (χ3v) is 8.16. The van der Waals surface area contributed by atoms with Crippen molar-refractivity contribution in [3.05, 3.63) is 81.2 Å². The number of esters is 1. The monoisotopic (exact) mass is 474 g/mol. The smallest absolute Gasteiger partial charge is 0.343 e. The molecule has 5 rings (SSSR count). The number of carbonyl (C=O) groups is 2. The zero-order chi connectivity index (χ0) is 24.0. The number of hydrogen-bond acceptors (Lipinski definition) is 5. The third kappa shape index (κ3) is 4.34. The number of hydrogen-bond donors (Lipinski definition) is 2. The predicted molar refractivity (Wildman–Crippen MR) is 136 cm³/mol. The maximum atomic E-state index is 13.1. The molecule has 0 radical (unpaired) electrons. The van der Waals surface area contributed by atoms with Gasteiger partial charge in [-0.25, -0.2) is 4.79 Å². The lowest BCUT2D eigenvalue weighted by Crippen LogP contribution is -2.38. The minimum atomic E-state index is -0.390. The van der Waals surface area contributed by atoms with Crippen LogP contribution in [0.2, 0.25) is 0 Å². The van der Waals surface area contributed by atoms with Crippen LogP contribution in [-0.4, -0.2) is 11.9 Å². The summed E-state index contributed by atoms with van der Waals surface area (Å²) in [6.07, 6.45) is 2.81. The fraction of sp³-hybridized carbons (Fsp3) is 0.357. The molecule has 2 atom stereocenters. The van der Waals surface area contributed by atoms with Crippen LogP contribution in [0.5, 0.6) is 5.75 Å². The molecule has 5 nitrogen and oxygen atoms in total. The summed E-state index contributed by atoms with van der Waals surface area (Å²) in [5, 5.41) is 7.59. The summed E-state index contributed by atoms with van der Waals surface area (Å²) in [4.78, 5) is 26.8. The number of amides is 1. The van der Waals surface area contributed by atoms with Crippen LogP contribution >= 0.6 is 11.3 Å². The SMILES string of the molecule is Cc1ccc(C(=O)Oc2ccc(C3NC(=O)c4c(sc5c4CCC(C(C)(C)C)C5)N3)cc2)cc1. The lowest BCUT2D eigenvalue weighted by atomic mass is 9.72. The summed E-state index contributed by atoms with van der Waals surface area (Å²) in [5.41, 5.74) is 4.83. The zero-order valence-electron chi connectivity index (χ0n) is 20.0. The number of ether oxygens (including phenoxy) is 1. The van der Waals surface area contributed by atoms with Crippen LogP contribution in [0.15, 0.2) is 48.5 Å². The Morgan fingerprint density at radius 3 is 2.41 bits per heavy atom. The Balaban J connectivity index is 1.30. The number of aryl methyl sites for hydroxylation is 1. The lowest BCUT2D eigenvalue weighted by Gasteiger charge is -2.34. The van der Waals surface area contributed by atoms with E-state index in [0.717, 1.165) is 41.0 Å². The molecule has 1 aliphatic heterocycles. The summed E-state index contributed by atoms with van der Waals surface area (Å²) in [6.45, 7) is 8.89. The normalized spacial score (nSPS) is 19.5. The van der Waals surface area contributed by atoms with Gasteiger partial charge in [0.2, 0.25) is 0 Å². The van der Waals surface area contributed by atoms with E-state index < -0.39 is 0 Å². The van der Waals surface area contributed by atoms with E-state index in [4.69, 9.17) is 4.74 Å². The third-order valence-electron chi connectivity index (χ3n) is 6.98. The van der Waals surface area contributed by atoms with Gasteiger partial charge in [-0.3, -0.25) is 4.79 Å². The molecule has 1 aliphatic carbocycles. The van der Waals surface area contributed by atoms with Gasteiger partial charge in [0, 0.05) is 4.88 Å². The van der Waals surface area contributed by atoms with Crippen molar-refractivity contribution in [3.63, 3.8) is 0 Å². The van der Waals surface area contributed by atoms with Gasteiger partial charge in [0.05, 0.1) is 11.1 Å². The Morgan fingerprint density at radius 1 is 1.03 bits per heavy atom. The van der Waals surface area contributed by atoms with Crippen molar-refractivity contribution in [2.24, 2.45) is 11.3 Å². The predicted octanol–water partition coefficient (Wildman–Crippen LogP) is 6.28. The van der Waals surface area contributed by atoms with E-state index in [-0.39, 0.29) is 23.5 Å². The van der Waals surface area contributed by atoms with Gasteiger partial charge >= 0.3 is 5.97 Å². The topological polar surface area (TPSA) is 67.4 Å². The van der Waals surface area contributed by atoms with Crippen LogP contribution in [0.1, 0.15) is 75.6 Å². The van der Waals surface area contributed by atoms with E-state index >= 15 is 0 Å². The minimum absolute atomic E-state index is 0.0136. The highest BCUT2D eigenvalue weighted by Gasteiger charge is 2.36.